The van der Waals surface area contributed by atoms with E-state index in [9.17, 15) is 9.18 Å². The van der Waals surface area contributed by atoms with Gasteiger partial charge < -0.3 is 18.9 Å². The highest BCUT2D eigenvalue weighted by Crippen LogP contribution is 2.43. The third kappa shape index (κ3) is 4.47. The van der Waals surface area contributed by atoms with Crippen molar-refractivity contribution in [3.05, 3.63) is 87.9 Å². The fraction of sp³-hybridized carbons (Fsp3) is 0.250. The Morgan fingerprint density at radius 3 is 2.66 bits per heavy atom. The lowest BCUT2D eigenvalue weighted by Gasteiger charge is -2.30. The Hall–Kier alpha value is -3.84. The Bertz CT molecular complexity index is 1330. The van der Waals surface area contributed by atoms with Crippen LogP contribution in [-0.2, 0) is 13.0 Å². The maximum atomic E-state index is 13.6. The van der Waals surface area contributed by atoms with E-state index in [4.69, 9.17) is 18.9 Å². The van der Waals surface area contributed by atoms with Crippen molar-refractivity contribution in [1.82, 2.24) is 4.90 Å². The van der Waals surface area contributed by atoms with Crippen LogP contribution in [0.25, 0.3) is 6.08 Å². The SMILES string of the molecule is COc1ccc(CCN2COc3c(cc4c(c3C)O/C(=C\c3cccc(F)c3)C4=O)C2)cc1OC. The average Bonchev–Trinajstić information content (AvgIpc) is 3.17. The van der Waals surface area contributed by atoms with Gasteiger partial charge in [0.05, 0.1) is 19.8 Å². The van der Waals surface area contributed by atoms with Crippen molar-refractivity contribution >= 4 is 11.9 Å². The lowest BCUT2D eigenvalue weighted by molar-refractivity contribution is 0.0953. The normalized spacial score (nSPS) is 15.9. The first-order valence-corrected chi connectivity index (χ1v) is 11.4. The summed E-state index contributed by atoms with van der Waals surface area (Å²) in [6.45, 7) is 3.78. The second kappa shape index (κ2) is 9.43. The molecule has 3 aromatic rings. The van der Waals surface area contributed by atoms with Gasteiger partial charge in [-0.25, -0.2) is 4.39 Å². The zero-order valence-electron chi connectivity index (χ0n) is 19.9. The Balaban J connectivity index is 1.33. The number of carbonyl (C=O) groups is 1. The molecule has 0 unspecified atom stereocenters. The Kier molecular flexibility index (Phi) is 6.17. The van der Waals surface area contributed by atoms with Crippen molar-refractivity contribution in [2.75, 3.05) is 27.5 Å². The first-order valence-electron chi connectivity index (χ1n) is 11.4. The van der Waals surface area contributed by atoms with E-state index in [0.717, 1.165) is 35.4 Å². The summed E-state index contributed by atoms with van der Waals surface area (Å²) < 4.78 is 36.3. The molecule has 0 saturated heterocycles. The molecule has 7 heteroatoms. The lowest BCUT2D eigenvalue weighted by atomic mass is 10.00. The van der Waals surface area contributed by atoms with Gasteiger partial charge in [0, 0.05) is 24.2 Å². The zero-order chi connectivity index (χ0) is 24.5. The summed E-state index contributed by atoms with van der Waals surface area (Å²) in [7, 11) is 3.25. The molecule has 35 heavy (non-hydrogen) atoms. The van der Waals surface area contributed by atoms with Gasteiger partial charge in [0.1, 0.15) is 24.0 Å². The molecular weight excluding hydrogens is 449 g/mol. The molecule has 0 amide bonds. The second-order valence-corrected chi connectivity index (χ2v) is 8.63. The first kappa shape index (κ1) is 22.9. The van der Waals surface area contributed by atoms with Crippen LogP contribution in [0.5, 0.6) is 23.0 Å². The van der Waals surface area contributed by atoms with Crippen LogP contribution < -0.4 is 18.9 Å². The molecule has 5 rings (SSSR count). The van der Waals surface area contributed by atoms with Gasteiger partial charge in [-0.05, 0) is 60.9 Å². The number of fused-ring (bicyclic) bond motifs is 2. The Labute approximate surface area is 203 Å². The molecule has 2 aliphatic rings. The molecule has 0 N–H and O–H groups in total. The van der Waals surface area contributed by atoms with E-state index in [-0.39, 0.29) is 17.4 Å². The van der Waals surface area contributed by atoms with Crippen LogP contribution in [0.15, 0.2) is 54.3 Å². The minimum absolute atomic E-state index is 0.182. The Morgan fingerprint density at radius 1 is 1.06 bits per heavy atom. The predicted octanol–water partition coefficient (Wildman–Crippen LogP) is 5.16. The van der Waals surface area contributed by atoms with E-state index < -0.39 is 0 Å². The minimum atomic E-state index is -0.365. The number of allylic oxidation sites excluding steroid dienone is 1. The largest absolute Gasteiger partial charge is 0.493 e. The molecule has 180 valence electrons. The molecule has 0 aromatic heterocycles. The van der Waals surface area contributed by atoms with Crippen molar-refractivity contribution in [2.45, 2.75) is 19.9 Å². The highest BCUT2D eigenvalue weighted by atomic mass is 19.1. The number of nitrogens with zero attached hydrogens (tertiary/aromatic N) is 1. The zero-order valence-corrected chi connectivity index (χ0v) is 19.9. The summed E-state index contributed by atoms with van der Waals surface area (Å²) in [6.07, 6.45) is 2.38. The summed E-state index contributed by atoms with van der Waals surface area (Å²) in [6, 6.07) is 13.8. The summed E-state index contributed by atoms with van der Waals surface area (Å²) in [5, 5.41) is 0. The monoisotopic (exact) mass is 475 g/mol. The fourth-order valence-corrected chi connectivity index (χ4v) is 4.51. The van der Waals surface area contributed by atoms with E-state index >= 15 is 0 Å². The number of hydrogen-bond acceptors (Lipinski definition) is 6. The molecule has 3 aromatic carbocycles. The van der Waals surface area contributed by atoms with E-state index in [1.807, 2.05) is 31.2 Å². The van der Waals surface area contributed by atoms with E-state index in [0.29, 0.717) is 41.7 Å². The standard InChI is InChI=1S/C28H26FNO5/c1-17-27-20(14-22-26(31)25(35-28(17)22)13-19-5-4-6-21(29)11-19)15-30(16-34-27)10-9-18-7-8-23(32-2)24(12-18)33-3/h4-8,11-14H,9-10,15-16H2,1-3H3/b25-13-. The third-order valence-corrected chi connectivity index (χ3v) is 6.31. The number of Topliss-reactive ketones (excluding diaryl/α,β-unsaturated/α-hetero) is 1. The fourth-order valence-electron chi connectivity index (χ4n) is 4.51. The highest BCUT2D eigenvalue weighted by molar-refractivity contribution is 6.15. The van der Waals surface area contributed by atoms with Gasteiger partial charge in [-0.3, -0.25) is 9.69 Å². The molecule has 0 saturated carbocycles. The highest BCUT2D eigenvalue weighted by Gasteiger charge is 2.33. The average molecular weight is 476 g/mol. The molecule has 0 radical (unpaired) electrons. The molecule has 0 atom stereocenters. The number of hydrogen-bond donors (Lipinski definition) is 0. The van der Waals surface area contributed by atoms with Crippen LogP contribution in [0.1, 0.15) is 32.6 Å². The van der Waals surface area contributed by atoms with Crippen molar-refractivity contribution < 1.29 is 28.1 Å². The Morgan fingerprint density at radius 2 is 1.89 bits per heavy atom. The van der Waals surface area contributed by atoms with Crippen LogP contribution in [0.3, 0.4) is 0 Å². The van der Waals surface area contributed by atoms with Crippen LogP contribution in [0, 0.1) is 12.7 Å². The quantitative estimate of drug-likeness (QED) is 0.459. The van der Waals surface area contributed by atoms with Crippen molar-refractivity contribution in [2.24, 2.45) is 0 Å². The van der Waals surface area contributed by atoms with Crippen LogP contribution >= 0.6 is 0 Å². The molecule has 6 nitrogen and oxygen atoms in total. The van der Waals surface area contributed by atoms with E-state index in [2.05, 4.69) is 4.90 Å². The number of benzene rings is 3. The number of rotatable bonds is 6. The van der Waals surface area contributed by atoms with E-state index in [1.165, 1.54) is 12.1 Å². The topological polar surface area (TPSA) is 57.2 Å². The maximum Gasteiger partial charge on any atom is 0.231 e. The summed E-state index contributed by atoms with van der Waals surface area (Å²) in [5.41, 5.74) is 3.96. The third-order valence-electron chi connectivity index (χ3n) is 6.31. The first-order chi connectivity index (χ1) is 17.0. The molecule has 0 fully saturated rings. The van der Waals surface area contributed by atoms with Gasteiger partial charge >= 0.3 is 0 Å². The number of ketones is 1. The maximum absolute atomic E-state index is 13.6. The predicted molar refractivity (Wildman–Crippen MR) is 130 cm³/mol. The van der Waals surface area contributed by atoms with Crippen LogP contribution in [-0.4, -0.2) is 38.2 Å². The summed E-state index contributed by atoms with van der Waals surface area (Å²) in [4.78, 5) is 15.3. The number of methoxy groups -OCH3 is 2. The van der Waals surface area contributed by atoms with Gasteiger partial charge in [0.25, 0.3) is 0 Å². The van der Waals surface area contributed by atoms with Crippen LogP contribution in [0.4, 0.5) is 4.39 Å². The second-order valence-electron chi connectivity index (χ2n) is 8.63. The van der Waals surface area contributed by atoms with Gasteiger partial charge in [-0.15, -0.1) is 0 Å². The number of halogens is 1. The molecular formula is C28H26FNO5. The molecule has 2 aliphatic heterocycles. The molecule has 0 spiro atoms. The molecule has 0 aliphatic carbocycles. The molecule has 2 heterocycles. The summed E-state index contributed by atoms with van der Waals surface area (Å²) in [5.74, 6) is 2.28. The summed E-state index contributed by atoms with van der Waals surface area (Å²) >= 11 is 0. The number of ether oxygens (including phenoxy) is 4. The van der Waals surface area contributed by atoms with Gasteiger partial charge in [0.2, 0.25) is 5.78 Å². The molecule has 0 bridgehead atoms. The van der Waals surface area contributed by atoms with Crippen molar-refractivity contribution in [3.63, 3.8) is 0 Å². The van der Waals surface area contributed by atoms with Crippen molar-refractivity contribution in [3.8, 4) is 23.0 Å². The van der Waals surface area contributed by atoms with Crippen molar-refractivity contribution in [1.29, 1.82) is 0 Å². The van der Waals surface area contributed by atoms with Gasteiger partial charge in [0.15, 0.2) is 17.3 Å². The van der Waals surface area contributed by atoms with Gasteiger partial charge in [-0.1, -0.05) is 18.2 Å². The number of carbonyl (C=O) groups excluding carboxylic acids is 1. The van der Waals surface area contributed by atoms with E-state index in [1.54, 1.807) is 32.4 Å². The van der Waals surface area contributed by atoms with Crippen LogP contribution in [0.2, 0.25) is 0 Å². The minimum Gasteiger partial charge on any atom is -0.493 e. The smallest absolute Gasteiger partial charge is 0.231 e. The van der Waals surface area contributed by atoms with Gasteiger partial charge in [-0.2, -0.15) is 0 Å². The lowest BCUT2D eigenvalue weighted by Crippen LogP contribution is -2.34.